The Morgan fingerprint density at radius 2 is 1.95 bits per heavy atom. The zero-order chi connectivity index (χ0) is 14.7. The molecule has 0 aliphatic rings. The molecule has 2 aromatic rings. The van der Waals surface area contributed by atoms with Crippen LogP contribution in [0.3, 0.4) is 0 Å². The molecule has 0 fully saturated rings. The fourth-order valence-corrected chi connectivity index (χ4v) is 2.57. The third kappa shape index (κ3) is 3.17. The molecule has 0 spiro atoms. The van der Waals surface area contributed by atoms with Crippen molar-refractivity contribution in [2.75, 3.05) is 13.6 Å². The number of likely N-dealkylation sites (N-methyl/N-ethyl adjacent to an activating group) is 1. The Morgan fingerprint density at radius 3 is 2.55 bits per heavy atom. The van der Waals surface area contributed by atoms with Crippen molar-refractivity contribution in [1.82, 2.24) is 9.88 Å². The third-order valence-corrected chi connectivity index (χ3v) is 3.68. The van der Waals surface area contributed by atoms with Crippen molar-refractivity contribution >= 4 is 11.3 Å². The molecule has 1 heterocycles. The maximum atomic E-state index is 13.8. The molecule has 0 bridgehead atoms. The minimum atomic E-state index is -1.20. The van der Waals surface area contributed by atoms with Gasteiger partial charge in [-0.1, -0.05) is 0 Å². The van der Waals surface area contributed by atoms with Crippen LogP contribution in [0.4, 0.5) is 13.2 Å². The van der Waals surface area contributed by atoms with Crippen LogP contribution in [0.2, 0.25) is 0 Å². The number of rotatable bonds is 5. The number of hydrogen-bond donors (Lipinski definition) is 1. The Hall–Kier alpha value is -1.44. The predicted octanol–water partition coefficient (Wildman–Crippen LogP) is 2.69. The third-order valence-electron chi connectivity index (χ3n) is 3.05. The van der Waals surface area contributed by atoms with Gasteiger partial charge >= 0.3 is 0 Å². The van der Waals surface area contributed by atoms with Crippen molar-refractivity contribution < 1.29 is 13.2 Å². The molecule has 0 aliphatic heterocycles. The quantitative estimate of drug-likeness (QED) is 0.863. The Kier molecular flexibility index (Phi) is 4.74. The normalized spacial score (nSPS) is 12.9. The predicted molar refractivity (Wildman–Crippen MR) is 71.7 cm³/mol. The molecule has 108 valence electrons. The van der Waals surface area contributed by atoms with Crippen LogP contribution in [0.1, 0.15) is 17.3 Å². The van der Waals surface area contributed by atoms with Gasteiger partial charge in [-0.3, -0.25) is 4.90 Å². The van der Waals surface area contributed by atoms with E-state index in [-0.39, 0.29) is 12.1 Å². The second kappa shape index (κ2) is 6.34. The van der Waals surface area contributed by atoms with Gasteiger partial charge in [0.15, 0.2) is 11.6 Å². The van der Waals surface area contributed by atoms with Crippen molar-refractivity contribution in [3.8, 4) is 0 Å². The Labute approximate surface area is 118 Å². The molecular formula is C13H14F3N3S. The molecule has 20 heavy (non-hydrogen) atoms. The van der Waals surface area contributed by atoms with Crippen LogP contribution in [-0.2, 0) is 6.54 Å². The highest BCUT2D eigenvalue weighted by atomic mass is 32.1. The number of thiazole rings is 1. The summed E-state index contributed by atoms with van der Waals surface area (Å²) >= 11 is 1.45. The summed E-state index contributed by atoms with van der Waals surface area (Å²) < 4.78 is 40.1. The Morgan fingerprint density at radius 1 is 1.25 bits per heavy atom. The van der Waals surface area contributed by atoms with Crippen LogP contribution in [-0.4, -0.2) is 23.5 Å². The number of hydrogen-bond acceptors (Lipinski definition) is 4. The van der Waals surface area contributed by atoms with Gasteiger partial charge in [-0.15, -0.1) is 11.3 Å². The van der Waals surface area contributed by atoms with Crippen molar-refractivity contribution in [3.05, 3.63) is 51.7 Å². The number of halogens is 3. The van der Waals surface area contributed by atoms with E-state index in [0.29, 0.717) is 12.6 Å². The highest BCUT2D eigenvalue weighted by Crippen LogP contribution is 2.25. The summed E-state index contributed by atoms with van der Waals surface area (Å²) in [4.78, 5) is 5.88. The Balaban J connectivity index is 2.25. The zero-order valence-electron chi connectivity index (χ0n) is 10.8. The van der Waals surface area contributed by atoms with Gasteiger partial charge in [0.1, 0.15) is 5.82 Å². The summed E-state index contributed by atoms with van der Waals surface area (Å²) in [6, 6.07) is 0.857. The number of benzene rings is 1. The van der Waals surface area contributed by atoms with Gasteiger partial charge in [-0.25, -0.2) is 18.2 Å². The van der Waals surface area contributed by atoms with Crippen LogP contribution in [0.25, 0.3) is 0 Å². The first-order valence-corrected chi connectivity index (χ1v) is 6.89. The van der Waals surface area contributed by atoms with Crippen LogP contribution in [0.5, 0.6) is 0 Å². The lowest BCUT2D eigenvalue weighted by molar-refractivity contribution is 0.233. The average Bonchev–Trinajstić information content (AvgIpc) is 2.89. The lowest BCUT2D eigenvalue weighted by atomic mass is 10.0. The highest BCUT2D eigenvalue weighted by molar-refractivity contribution is 7.07. The van der Waals surface area contributed by atoms with E-state index >= 15 is 0 Å². The van der Waals surface area contributed by atoms with Gasteiger partial charge in [0.2, 0.25) is 0 Å². The van der Waals surface area contributed by atoms with Crippen molar-refractivity contribution in [3.63, 3.8) is 0 Å². The largest absolute Gasteiger partial charge is 0.329 e. The summed E-state index contributed by atoms with van der Waals surface area (Å²) in [7, 11) is 1.73. The summed E-state index contributed by atoms with van der Waals surface area (Å²) in [5.74, 6) is -3.09. The van der Waals surface area contributed by atoms with E-state index in [0.717, 1.165) is 11.8 Å². The smallest absolute Gasteiger partial charge is 0.161 e. The average molecular weight is 301 g/mol. The Bertz CT molecular complexity index is 574. The van der Waals surface area contributed by atoms with Gasteiger partial charge in [0.25, 0.3) is 0 Å². The number of nitrogens with zero attached hydrogens (tertiary/aromatic N) is 2. The molecule has 1 atom stereocenters. The van der Waals surface area contributed by atoms with Gasteiger partial charge in [-0.2, -0.15) is 0 Å². The topological polar surface area (TPSA) is 42.2 Å². The van der Waals surface area contributed by atoms with Crippen molar-refractivity contribution in [2.24, 2.45) is 5.73 Å². The molecule has 7 heteroatoms. The van der Waals surface area contributed by atoms with Gasteiger partial charge < -0.3 is 5.73 Å². The molecule has 2 N–H and O–H groups in total. The molecule has 1 aromatic heterocycles. The van der Waals surface area contributed by atoms with E-state index < -0.39 is 23.5 Å². The monoisotopic (exact) mass is 301 g/mol. The maximum Gasteiger partial charge on any atom is 0.161 e. The lowest BCUT2D eigenvalue weighted by Crippen LogP contribution is -2.31. The molecule has 0 amide bonds. The fraction of sp³-hybridized carbons (Fsp3) is 0.308. The second-order valence-corrected chi connectivity index (χ2v) is 5.15. The molecule has 0 saturated carbocycles. The summed E-state index contributed by atoms with van der Waals surface area (Å²) in [5, 5.41) is 1.87. The summed E-state index contributed by atoms with van der Waals surface area (Å²) in [6.07, 6.45) is 0. The van der Waals surface area contributed by atoms with E-state index in [4.69, 9.17) is 5.73 Å². The van der Waals surface area contributed by atoms with E-state index in [1.807, 2.05) is 5.38 Å². The maximum absolute atomic E-state index is 13.8. The van der Waals surface area contributed by atoms with E-state index in [1.165, 1.54) is 11.3 Å². The van der Waals surface area contributed by atoms with Crippen molar-refractivity contribution in [1.29, 1.82) is 0 Å². The minimum Gasteiger partial charge on any atom is -0.329 e. The second-order valence-electron chi connectivity index (χ2n) is 4.43. The molecule has 0 radical (unpaired) electrons. The molecular weight excluding hydrogens is 287 g/mol. The minimum absolute atomic E-state index is 0.0455. The zero-order valence-corrected chi connectivity index (χ0v) is 11.6. The molecule has 0 aliphatic carbocycles. The first kappa shape index (κ1) is 15.0. The molecule has 0 saturated heterocycles. The molecule has 1 unspecified atom stereocenters. The van der Waals surface area contributed by atoms with Crippen molar-refractivity contribution in [2.45, 2.75) is 12.6 Å². The number of nitrogens with two attached hydrogens (primary N) is 1. The van der Waals surface area contributed by atoms with Crippen LogP contribution in [0, 0.1) is 17.5 Å². The van der Waals surface area contributed by atoms with Crippen LogP contribution >= 0.6 is 11.3 Å². The molecule has 3 nitrogen and oxygen atoms in total. The van der Waals surface area contributed by atoms with Gasteiger partial charge in [-0.05, 0) is 13.1 Å². The standard InChI is InChI=1S/C13H14F3N3S/c1-19(5-8-6-20-7-18-8)13(4-17)9-2-11(15)12(16)3-10(9)14/h2-3,6-7,13H,4-5,17H2,1H3. The fourth-order valence-electron chi connectivity index (χ4n) is 2.02. The number of aromatic nitrogens is 1. The van der Waals surface area contributed by atoms with E-state index in [1.54, 1.807) is 17.5 Å². The highest BCUT2D eigenvalue weighted by Gasteiger charge is 2.22. The lowest BCUT2D eigenvalue weighted by Gasteiger charge is -2.27. The van der Waals surface area contributed by atoms with Crippen LogP contribution in [0.15, 0.2) is 23.0 Å². The van der Waals surface area contributed by atoms with Gasteiger partial charge in [0, 0.05) is 30.1 Å². The summed E-state index contributed by atoms with van der Waals surface area (Å²) in [5.41, 5.74) is 8.21. The van der Waals surface area contributed by atoms with Crippen LogP contribution < -0.4 is 5.73 Å². The molecule has 1 aromatic carbocycles. The first-order chi connectivity index (χ1) is 9.52. The van der Waals surface area contributed by atoms with Gasteiger partial charge in [0.05, 0.1) is 17.2 Å². The van der Waals surface area contributed by atoms with E-state index in [9.17, 15) is 13.2 Å². The SMILES string of the molecule is CN(Cc1cscn1)C(CN)c1cc(F)c(F)cc1F. The molecule has 2 rings (SSSR count). The first-order valence-electron chi connectivity index (χ1n) is 5.94. The summed E-state index contributed by atoms with van der Waals surface area (Å²) in [6.45, 7) is 0.534. The van der Waals surface area contributed by atoms with E-state index in [2.05, 4.69) is 4.98 Å².